The van der Waals surface area contributed by atoms with Gasteiger partial charge >= 0.3 is 0 Å². The van der Waals surface area contributed by atoms with Gasteiger partial charge in [0.15, 0.2) is 5.78 Å². The Balaban J connectivity index is 1.58. The van der Waals surface area contributed by atoms with E-state index in [1.807, 2.05) is 60.7 Å². The van der Waals surface area contributed by atoms with E-state index in [9.17, 15) is 24.0 Å². The van der Waals surface area contributed by atoms with Crippen LogP contribution in [0.3, 0.4) is 0 Å². The Morgan fingerprint density at radius 1 is 0.951 bits per heavy atom. The number of ketones is 3. The van der Waals surface area contributed by atoms with Gasteiger partial charge in [-0.2, -0.15) is 0 Å². The molecule has 4 rings (SSSR count). The third kappa shape index (κ3) is 8.16. The number of Topliss-reactive ketones (excluding diaryl/α,β-unsaturated/α-hetero) is 3. The van der Waals surface area contributed by atoms with Crippen LogP contribution >= 0.6 is 0 Å². The van der Waals surface area contributed by atoms with Crippen molar-refractivity contribution in [1.29, 1.82) is 0 Å². The summed E-state index contributed by atoms with van der Waals surface area (Å²) in [5.41, 5.74) is 1.13. The van der Waals surface area contributed by atoms with Crippen LogP contribution in [0.25, 0.3) is 10.9 Å². The van der Waals surface area contributed by atoms with E-state index in [2.05, 4.69) is 15.6 Å². The first-order valence-corrected chi connectivity index (χ1v) is 14.1. The molecule has 2 aromatic carbocycles. The number of carbonyl (C=O) groups is 5. The lowest BCUT2D eigenvalue weighted by Crippen LogP contribution is -2.53. The number of amides is 2. The molecule has 0 aliphatic heterocycles. The zero-order valence-corrected chi connectivity index (χ0v) is 23.8. The van der Waals surface area contributed by atoms with Crippen LogP contribution < -0.4 is 10.6 Å². The van der Waals surface area contributed by atoms with Crippen LogP contribution in [0, 0.1) is 11.8 Å². The molecule has 0 spiro atoms. The molecule has 41 heavy (non-hydrogen) atoms. The molecule has 1 aliphatic rings. The van der Waals surface area contributed by atoms with Gasteiger partial charge in [0.1, 0.15) is 11.5 Å². The van der Waals surface area contributed by atoms with Gasteiger partial charge in [-0.15, -0.1) is 0 Å². The summed E-state index contributed by atoms with van der Waals surface area (Å²) in [6.07, 6.45) is 1.93. The van der Waals surface area contributed by atoms with Crippen LogP contribution in [-0.4, -0.2) is 45.7 Å². The highest BCUT2D eigenvalue weighted by Crippen LogP contribution is 2.26. The second-order valence-electron chi connectivity index (χ2n) is 11.8. The predicted molar refractivity (Wildman–Crippen MR) is 156 cm³/mol. The van der Waals surface area contributed by atoms with E-state index in [-0.39, 0.29) is 36.5 Å². The number of pyridine rings is 1. The highest BCUT2D eigenvalue weighted by atomic mass is 16.2. The highest BCUT2D eigenvalue weighted by Gasteiger charge is 2.36. The zero-order valence-electron chi connectivity index (χ0n) is 23.8. The highest BCUT2D eigenvalue weighted by molar-refractivity contribution is 6.38. The number of benzene rings is 2. The van der Waals surface area contributed by atoms with Gasteiger partial charge in [0, 0.05) is 35.6 Å². The molecule has 1 aromatic heterocycles. The van der Waals surface area contributed by atoms with Gasteiger partial charge in [0.2, 0.25) is 11.7 Å². The number of carbonyl (C=O) groups excluding carboxylic acids is 5. The first kappa shape index (κ1) is 29.8. The SMILES string of the molecule is CC(C)(C)NC(=O)C(=O)[C@H](C[C@@H]1CCCC1=O)NC(=O)[C@@H](CC(=O)c1ccc2ccccc2n1)Cc1ccccc1. The molecule has 3 atom stereocenters. The molecule has 1 fully saturated rings. The molecule has 0 saturated heterocycles. The Kier molecular flexibility index (Phi) is 9.42. The Morgan fingerprint density at radius 2 is 1.66 bits per heavy atom. The minimum Gasteiger partial charge on any atom is -0.345 e. The van der Waals surface area contributed by atoms with Gasteiger partial charge < -0.3 is 10.6 Å². The third-order valence-electron chi connectivity index (χ3n) is 7.31. The van der Waals surface area contributed by atoms with Gasteiger partial charge in [-0.25, -0.2) is 4.98 Å². The van der Waals surface area contributed by atoms with Gasteiger partial charge in [-0.05, 0) is 64.2 Å². The Bertz CT molecular complexity index is 1440. The average Bonchev–Trinajstić information content (AvgIpc) is 3.35. The second-order valence-corrected chi connectivity index (χ2v) is 11.8. The summed E-state index contributed by atoms with van der Waals surface area (Å²) in [6.45, 7) is 5.28. The van der Waals surface area contributed by atoms with Crippen molar-refractivity contribution in [2.24, 2.45) is 11.8 Å². The van der Waals surface area contributed by atoms with Gasteiger partial charge in [-0.1, -0.05) is 54.6 Å². The number of hydrogen-bond donors (Lipinski definition) is 2. The quantitative estimate of drug-likeness (QED) is 0.267. The van der Waals surface area contributed by atoms with E-state index < -0.39 is 41.0 Å². The molecule has 0 bridgehead atoms. The summed E-state index contributed by atoms with van der Waals surface area (Å²) in [5, 5.41) is 6.32. The summed E-state index contributed by atoms with van der Waals surface area (Å²) >= 11 is 0. The number of aromatic nitrogens is 1. The van der Waals surface area contributed by atoms with Crippen molar-refractivity contribution in [2.45, 2.75) is 70.9 Å². The van der Waals surface area contributed by atoms with Crippen LogP contribution in [0.1, 0.15) is 68.9 Å². The molecule has 3 aromatic rings. The normalized spacial score (nSPS) is 16.7. The molecule has 2 amide bonds. The summed E-state index contributed by atoms with van der Waals surface area (Å²) in [4.78, 5) is 70.1. The summed E-state index contributed by atoms with van der Waals surface area (Å²) in [7, 11) is 0. The number of rotatable bonds is 11. The van der Waals surface area contributed by atoms with E-state index in [4.69, 9.17) is 0 Å². The molecule has 2 N–H and O–H groups in total. The number of nitrogens with zero attached hydrogens (tertiary/aromatic N) is 1. The lowest BCUT2D eigenvalue weighted by Gasteiger charge is -2.25. The fourth-order valence-corrected chi connectivity index (χ4v) is 5.21. The van der Waals surface area contributed by atoms with Crippen molar-refractivity contribution in [2.75, 3.05) is 0 Å². The van der Waals surface area contributed by atoms with E-state index in [0.717, 1.165) is 17.4 Å². The molecule has 0 radical (unpaired) electrons. The van der Waals surface area contributed by atoms with E-state index in [1.54, 1.807) is 26.8 Å². The van der Waals surface area contributed by atoms with Crippen molar-refractivity contribution in [3.05, 3.63) is 78.0 Å². The predicted octanol–water partition coefficient (Wildman–Crippen LogP) is 4.39. The van der Waals surface area contributed by atoms with Crippen LogP contribution in [0.5, 0.6) is 0 Å². The van der Waals surface area contributed by atoms with Crippen LogP contribution in [-0.2, 0) is 25.6 Å². The molecule has 8 heteroatoms. The average molecular weight is 556 g/mol. The summed E-state index contributed by atoms with van der Waals surface area (Å²) in [6, 6.07) is 19.1. The Labute approximate surface area is 240 Å². The van der Waals surface area contributed by atoms with Crippen LogP contribution in [0.15, 0.2) is 66.7 Å². The number of nitrogens with one attached hydrogen (secondary N) is 2. The molecule has 8 nitrogen and oxygen atoms in total. The second kappa shape index (κ2) is 13.0. The Morgan fingerprint density at radius 3 is 2.34 bits per heavy atom. The first-order valence-electron chi connectivity index (χ1n) is 14.1. The number of fused-ring (bicyclic) bond motifs is 1. The fourth-order valence-electron chi connectivity index (χ4n) is 5.21. The maximum Gasteiger partial charge on any atom is 0.290 e. The molecule has 0 unspecified atom stereocenters. The molecule has 214 valence electrons. The topological polar surface area (TPSA) is 122 Å². The molecular weight excluding hydrogens is 518 g/mol. The van der Waals surface area contributed by atoms with E-state index in [0.29, 0.717) is 18.4 Å². The first-order chi connectivity index (χ1) is 19.5. The largest absolute Gasteiger partial charge is 0.345 e. The van der Waals surface area contributed by atoms with Gasteiger partial charge in [0.25, 0.3) is 5.91 Å². The van der Waals surface area contributed by atoms with Crippen molar-refractivity contribution >= 4 is 40.1 Å². The van der Waals surface area contributed by atoms with Gasteiger partial charge in [0.05, 0.1) is 11.6 Å². The van der Waals surface area contributed by atoms with Crippen molar-refractivity contribution in [1.82, 2.24) is 15.6 Å². The minimum atomic E-state index is -1.18. The molecule has 1 aliphatic carbocycles. The minimum absolute atomic E-state index is 0.0340. The van der Waals surface area contributed by atoms with Crippen molar-refractivity contribution in [3.8, 4) is 0 Å². The molecule has 1 heterocycles. The van der Waals surface area contributed by atoms with Crippen LogP contribution in [0.4, 0.5) is 0 Å². The van der Waals surface area contributed by atoms with Gasteiger partial charge in [-0.3, -0.25) is 24.0 Å². The van der Waals surface area contributed by atoms with E-state index >= 15 is 0 Å². The third-order valence-corrected chi connectivity index (χ3v) is 7.31. The molecule has 1 saturated carbocycles. The van der Waals surface area contributed by atoms with E-state index in [1.165, 1.54) is 0 Å². The van der Waals surface area contributed by atoms with Crippen LogP contribution in [0.2, 0.25) is 0 Å². The lowest BCUT2D eigenvalue weighted by atomic mass is 9.90. The fraction of sp³-hybridized carbons (Fsp3) is 0.394. The monoisotopic (exact) mass is 555 g/mol. The Hall–Kier alpha value is -4.20. The van der Waals surface area contributed by atoms with Crippen molar-refractivity contribution < 1.29 is 24.0 Å². The van der Waals surface area contributed by atoms with Crippen molar-refractivity contribution in [3.63, 3.8) is 0 Å². The lowest BCUT2D eigenvalue weighted by molar-refractivity contribution is -0.141. The standard InChI is InChI=1S/C33H37N3O5/c1-33(2,3)36-32(41)30(39)27(19-23-13-9-15-28(23)37)35-31(40)24(18-21-10-5-4-6-11-21)20-29(38)26-17-16-22-12-7-8-14-25(22)34-26/h4-8,10-12,14,16-17,23-24,27H,9,13,15,18-20H2,1-3H3,(H,35,40)(H,36,41)/t23-,24+,27-/m0/s1. The summed E-state index contributed by atoms with van der Waals surface area (Å²) < 4.78 is 0. The summed E-state index contributed by atoms with van der Waals surface area (Å²) in [5.74, 6) is -3.62. The molecular formula is C33H37N3O5. The smallest absolute Gasteiger partial charge is 0.290 e. The number of para-hydroxylation sites is 1. The zero-order chi connectivity index (χ0) is 29.6. The maximum absolute atomic E-state index is 13.8. The maximum atomic E-state index is 13.8. The number of hydrogen-bond acceptors (Lipinski definition) is 6.